The molecule has 17 heavy (non-hydrogen) atoms. The van der Waals surface area contributed by atoms with Crippen LogP contribution in [-0.4, -0.2) is 49.7 Å². The monoisotopic (exact) mass is 241 g/mol. The molecule has 1 aromatic carbocycles. The van der Waals surface area contributed by atoms with E-state index in [-0.39, 0.29) is 13.2 Å². The summed E-state index contributed by atoms with van der Waals surface area (Å²) in [6.07, 6.45) is -0.594. The van der Waals surface area contributed by atoms with Gasteiger partial charge in [-0.3, -0.25) is 0 Å². The number of nitrogens with one attached hydrogen (secondary N) is 1. The number of hydrogen-bond donors (Lipinski definition) is 3. The lowest BCUT2D eigenvalue weighted by Crippen LogP contribution is -2.32. The Morgan fingerprint density at radius 2 is 1.88 bits per heavy atom. The van der Waals surface area contributed by atoms with Gasteiger partial charge in [0.05, 0.1) is 13.7 Å². The zero-order chi connectivity index (χ0) is 12.5. The van der Waals surface area contributed by atoms with E-state index in [0.29, 0.717) is 18.8 Å². The van der Waals surface area contributed by atoms with Crippen LogP contribution in [0, 0.1) is 0 Å². The van der Waals surface area contributed by atoms with Crippen LogP contribution in [-0.2, 0) is 0 Å². The topological polar surface area (TPSA) is 71.0 Å². The van der Waals surface area contributed by atoms with Gasteiger partial charge in [-0.2, -0.15) is 0 Å². The summed E-state index contributed by atoms with van der Waals surface area (Å²) in [7, 11) is 1.60. The minimum atomic E-state index is -0.594. The molecule has 0 aliphatic carbocycles. The molecule has 0 spiro atoms. The van der Waals surface area contributed by atoms with Crippen LogP contribution in [0.5, 0.6) is 11.5 Å². The van der Waals surface area contributed by atoms with Crippen LogP contribution < -0.4 is 14.8 Å². The van der Waals surface area contributed by atoms with Crippen molar-refractivity contribution in [2.75, 3.05) is 33.4 Å². The Balaban J connectivity index is 2.24. The molecule has 0 saturated carbocycles. The van der Waals surface area contributed by atoms with Crippen molar-refractivity contribution in [1.82, 2.24) is 5.32 Å². The van der Waals surface area contributed by atoms with Crippen LogP contribution in [0.3, 0.4) is 0 Å². The molecule has 0 heterocycles. The number of methoxy groups -OCH3 is 1. The summed E-state index contributed by atoms with van der Waals surface area (Å²) in [5.41, 5.74) is 0. The highest BCUT2D eigenvalue weighted by Crippen LogP contribution is 2.16. The Morgan fingerprint density at radius 1 is 1.24 bits per heavy atom. The van der Waals surface area contributed by atoms with Gasteiger partial charge >= 0.3 is 0 Å². The first-order valence-corrected chi connectivity index (χ1v) is 5.52. The molecule has 1 aromatic rings. The van der Waals surface area contributed by atoms with Crippen molar-refractivity contribution in [1.29, 1.82) is 0 Å². The van der Waals surface area contributed by atoms with Gasteiger partial charge in [0.25, 0.3) is 0 Å². The molecule has 0 radical (unpaired) electrons. The van der Waals surface area contributed by atoms with E-state index in [9.17, 15) is 5.11 Å². The average Bonchev–Trinajstić information content (AvgIpc) is 2.37. The molecule has 1 rings (SSSR count). The Kier molecular flexibility index (Phi) is 6.39. The number of rotatable bonds is 8. The fourth-order valence-electron chi connectivity index (χ4n) is 1.27. The first kappa shape index (κ1) is 13.8. The van der Waals surface area contributed by atoms with E-state index < -0.39 is 6.10 Å². The highest BCUT2D eigenvalue weighted by Gasteiger charge is 2.04. The SMILES string of the molecule is COc1ccc(OCC(O)CNCCO)cc1. The second-order valence-electron chi connectivity index (χ2n) is 3.57. The maximum absolute atomic E-state index is 9.54. The van der Waals surface area contributed by atoms with E-state index in [1.807, 2.05) is 0 Å². The Morgan fingerprint density at radius 3 is 2.47 bits per heavy atom. The van der Waals surface area contributed by atoms with Gasteiger partial charge in [0.2, 0.25) is 0 Å². The molecule has 0 aliphatic heterocycles. The maximum Gasteiger partial charge on any atom is 0.119 e. The molecule has 96 valence electrons. The highest BCUT2D eigenvalue weighted by molar-refractivity contribution is 5.31. The number of ether oxygens (including phenoxy) is 2. The molecule has 5 nitrogen and oxygen atoms in total. The summed E-state index contributed by atoms with van der Waals surface area (Å²) >= 11 is 0. The van der Waals surface area contributed by atoms with E-state index in [2.05, 4.69) is 5.32 Å². The zero-order valence-electron chi connectivity index (χ0n) is 9.93. The van der Waals surface area contributed by atoms with Crippen molar-refractivity contribution in [3.05, 3.63) is 24.3 Å². The lowest BCUT2D eigenvalue weighted by atomic mass is 10.3. The first-order valence-electron chi connectivity index (χ1n) is 5.52. The van der Waals surface area contributed by atoms with Crippen LogP contribution in [0.1, 0.15) is 0 Å². The minimum Gasteiger partial charge on any atom is -0.497 e. The van der Waals surface area contributed by atoms with Gasteiger partial charge in [0.15, 0.2) is 0 Å². The predicted octanol–water partition coefficient (Wildman–Crippen LogP) is 0.0168. The number of hydrogen-bond acceptors (Lipinski definition) is 5. The van der Waals surface area contributed by atoms with E-state index in [1.54, 1.807) is 31.4 Å². The normalized spacial score (nSPS) is 12.2. The van der Waals surface area contributed by atoms with Gasteiger partial charge < -0.3 is 25.0 Å². The smallest absolute Gasteiger partial charge is 0.119 e. The van der Waals surface area contributed by atoms with Crippen LogP contribution in [0.25, 0.3) is 0 Å². The molecular weight excluding hydrogens is 222 g/mol. The molecule has 3 N–H and O–H groups in total. The molecule has 0 saturated heterocycles. The maximum atomic E-state index is 9.54. The second kappa shape index (κ2) is 7.89. The molecule has 5 heteroatoms. The van der Waals surface area contributed by atoms with E-state index in [4.69, 9.17) is 14.6 Å². The molecule has 0 fully saturated rings. The van der Waals surface area contributed by atoms with Crippen LogP contribution >= 0.6 is 0 Å². The van der Waals surface area contributed by atoms with Crippen molar-refractivity contribution >= 4 is 0 Å². The Hall–Kier alpha value is -1.30. The molecule has 1 unspecified atom stereocenters. The lowest BCUT2D eigenvalue weighted by molar-refractivity contribution is 0.105. The fraction of sp³-hybridized carbons (Fsp3) is 0.500. The standard InChI is InChI=1S/C12H19NO4/c1-16-11-2-4-12(5-3-11)17-9-10(15)8-13-6-7-14/h2-5,10,13-15H,6-9H2,1H3. The third kappa shape index (κ3) is 5.53. The largest absolute Gasteiger partial charge is 0.497 e. The van der Waals surface area contributed by atoms with Crippen molar-refractivity contribution in [2.45, 2.75) is 6.10 Å². The van der Waals surface area contributed by atoms with Gasteiger partial charge in [0, 0.05) is 13.1 Å². The van der Waals surface area contributed by atoms with Gasteiger partial charge in [-0.15, -0.1) is 0 Å². The zero-order valence-corrected chi connectivity index (χ0v) is 9.93. The summed E-state index contributed by atoms with van der Waals surface area (Å²) in [5.74, 6) is 1.45. The van der Waals surface area contributed by atoms with Crippen molar-refractivity contribution in [3.63, 3.8) is 0 Å². The lowest BCUT2D eigenvalue weighted by Gasteiger charge is -2.13. The highest BCUT2D eigenvalue weighted by atomic mass is 16.5. The Labute approximate surface area is 101 Å². The van der Waals surface area contributed by atoms with Crippen LogP contribution in [0.4, 0.5) is 0 Å². The molecule has 1 atom stereocenters. The number of benzene rings is 1. The number of aliphatic hydroxyl groups excluding tert-OH is 2. The quantitative estimate of drug-likeness (QED) is 0.560. The molecule has 0 bridgehead atoms. The molecular formula is C12H19NO4. The van der Waals surface area contributed by atoms with Gasteiger partial charge in [-0.05, 0) is 24.3 Å². The Bertz CT molecular complexity index is 302. The van der Waals surface area contributed by atoms with E-state index in [1.165, 1.54) is 0 Å². The molecule has 0 aliphatic rings. The van der Waals surface area contributed by atoms with Crippen molar-refractivity contribution in [2.24, 2.45) is 0 Å². The second-order valence-corrected chi connectivity index (χ2v) is 3.57. The van der Waals surface area contributed by atoms with Crippen molar-refractivity contribution in [3.8, 4) is 11.5 Å². The summed E-state index contributed by atoms with van der Waals surface area (Å²) in [5, 5.41) is 21.0. The van der Waals surface area contributed by atoms with E-state index >= 15 is 0 Å². The van der Waals surface area contributed by atoms with Gasteiger partial charge in [-0.25, -0.2) is 0 Å². The summed E-state index contributed by atoms with van der Waals surface area (Å²) < 4.78 is 10.4. The summed E-state index contributed by atoms with van der Waals surface area (Å²) in [4.78, 5) is 0. The fourth-order valence-corrected chi connectivity index (χ4v) is 1.27. The van der Waals surface area contributed by atoms with Crippen LogP contribution in [0.2, 0.25) is 0 Å². The minimum absolute atomic E-state index is 0.0616. The third-order valence-electron chi connectivity index (χ3n) is 2.17. The number of aliphatic hydroxyl groups is 2. The van der Waals surface area contributed by atoms with Crippen molar-refractivity contribution < 1.29 is 19.7 Å². The predicted molar refractivity (Wildman–Crippen MR) is 64.5 cm³/mol. The van der Waals surface area contributed by atoms with Crippen LogP contribution in [0.15, 0.2) is 24.3 Å². The molecule has 0 aromatic heterocycles. The van der Waals surface area contributed by atoms with Gasteiger partial charge in [0.1, 0.15) is 24.2 Å². The third-order valence-corrected chi connectivity index (χ3v) is 2.17. The summed E-state index contributed by atoms with van der Waals surface area (Å²) in [6.45, 7) is 1.15. The molecule has 0 amide bonds. The van der Waals surface area contributed by atoms with Gasteiger partial charge in [-0.1, -0.05) is 0 Å². The summed E-state index contributed by atoms with van der Waals surface area (Å²) in [6, 6.07) is 7.16. The average molecular weight is 241 g/mol. The first-order chi connectivity index (χ1) is 8.26. The van der Waals surface area contributed by atoms with E-state index in [0.717, 1.165) is 5.75 Å².